The van der Waals surface area contributed by atoms with E-state index in [-0.39, 0.29) is 5.97 Å². The molecule has 0 aliphatic heterocycles. The number of hydrogen-bond acceptors (Lipinski definition) is 3. The fourth-order valence-electron chi connectivity index (χ4n) is 2.68. The summed E-state index contributed by atoms with van der Waals surface area (Å²) in [5.41, 5.74) is 2.42. The molecule has 23 heavy (non-hydrogen) atoms. The van der Waals surface area contributed by atoms with Gasteiger partial charge in [-0.15, -0.1) is 0 Å². The zero-order valence-corrected chi connectivity index (χ0v) is 15.5. The van der Waals surface area contributed by atoms with Gasteiger partial charge in [0, 0.05) is 16.5 Å². The molecular weight excluding hydrogens is 356 g/mol. The van der Waals surface area contributed by atoms with Gasteiger partial charge in [0.1, 0.15) is 17.1 Å². The number of esters is 1. The van der Waals surface area contributed by atoms with Gasteiger partial charge in [0.15, 0.2) is 0 Å². The van der Waals surface area contributed by atoms with Crippen LogP contribution in [0, 0.1) is 6.92 Å². The van der Waals surface area contributed by atoms with Gasteiger partial charge in [0.25, 0.3) is 0 Å². The first kappa shape index (κ1) is 17.8. The summed E-state index contributed by atoms with van der Waals surface area (Å²) in [4.78, 5) is 12.4. The Balaban J connectivity index is 2.48. The van der Waals surface area contributed by atoms with Crippen LogP contribution < -0.4 is 0 Å². The van der Waals surface area contributed by atoms with Crippen LogP contribution in [0.4, 0.5) is 0 Å². The zero-order valence-electron chi connectivity index (χ0n) is 13.9. The van der Waals surface area contributed by atoms with Crippen molar-refractivity contribution in [3.8, 4) is 11.1 Å². The first-order chi connectivity index (χ1) is 11.1. The largest absolute Gasteiger partial charge is 0.465 e. The molecule has 2 rings (SSSR count). The van der Waals surface area contributed by atoms with Gasteiger partial charge in [0.2, 0.25) is 0 Å². The fraction of sp³-hybridized carbons (Fsp3) is 0.421. The molecule has 0 spiro atoms. The minimum absolute atomic E-state index is 0.312. The van der Waals surface area contributed by atoms with Crippen molar-refractivity contribution < 1.29 is 13.9 Å². The Morgan fingerprint density at radius 2 is 1.87 bits per heavy atom. The van der Waals surface area contributed by atoms with Crippen molar-refractivity contribution in [2.75, 3.05) is 6.61 Å². The summed E-state index contributed by atoms with van der Waals surface area (Å²) in [5.74, 6) is 1.20. The molecule has 0 radical (unpaired) electrons. The highest BCUT2D eigenvalue weighted by Gasteiger charge is 2.25. The van der Waals surface area contributed by atoms with Crippen LogP contribution in [-0.4, -0.2) is 12.6 Å². The summed E-state index contributed by atoms with van der Waals surface area (Å²) < 4.78 is 12.2. The average molecular weight is 379 g/mol. The molecule has 4 heteroatoms. The molecule has 1 heterocycles. The highest BCUT2D eigenvalue weighted by atomic mass is 79.9. The number of rotatable bonds is 7. The summed E-state index contributed by atoms with van der Waals surface area (Å²) in [6.45, 7) is 6.17. The molecule has 3 nitrogen and oxygen atoms in total. The Hall–Kier alpha value is -1.55. The number of carbonyl (C=O) groups excluding carboxylic acids is 1. The van der Waals surface area contributed by atoms with Crippen molar-refractivity contribution in [1.82, 2.24) is 0 Å². The Labute approximate surface area is 146 Å². The maximum atomic E-state index is 12.4. The molecule has 0 unspecified atom stereocenters. The number of halogens is 1. The van der Waals surface area contributed by atoms with E-state index in [0.29, 0.717) is 17.9 Å². The molecule has 0 fully saturated rings. The van der Waals surface area contributed by atoms with E-state index in [1.54, 1.807) is 0 Å². The van der Waals surface area contributed by atoms with E-state index in [1.807, 2.05) is 38.1 Å². The van der Waals surface area contributed by atoms with Gasteiger partial charge in [-0.05, 0) is 38.0 Å². The average Bonchev–Trinajstić information content (AvgIpc) is 2.85. The third-order valence-corrected chi connectivity index (χ3v) is 4.31. The van der Waals surface area contributed by atoms with Crippen molar-refractivity contribution in [1.29, 1.82) is 0 Å². The van der Waals surface area contributed by atoms with Gasteiger partial charge >= 0.3 is 5.97 Å². The minimum atomic E-state index is -0.312. The molecule has 0 bridgehead atoms. The number of carbonyl (C=O) groups is 1. The van der Waals surface area contributed by atoms with Gasteiger partial charge in [0.05, 0.1) is 6.61 Å². The zero-order chi connectivity index (χ0) is 16.8. The van der Waals surface area contributed by atoms with E-state index in [0.717, 1.165) is 47.0 Å². The lowest BCUT2D eigenvalue weighted by molar-refractivity contribution is 0.0525. The van der Waals surface area contributed by atoms with Gasteiger partial charge in [-0.2, -0.15) is 0 Å². The molecule has 0 aliphatic carbocycles. The van der Waals surface area contributed by atoms with Crippen molar-refractivity contribution in [3.05, 3.63) is 45.8 Å². The number of benzene rings is 1. The second-order valence-electron chi connectivity index (χ2n) is 5.52. The smallest absolute Gasteiger partial charge is 0.342 e. The lowest BCUT2D eigenvalue weighted by Crippen LogP contribution is -2.06. The van der Waals surface area contributed by atoms with Crippen LogP contribution in [0.5, 0.6) is 0 Å². The summed E-state index contributed by atoms with van der Waals surface area (Å²) >= 11 is 3.45. The van der Waals surface area contributed by atoms with Crippen LogP contribution in [-0.2, 0) is 11.2 Å². The van der Waals surface area contributed by atoms with Crippen molar-refractivity contribution in [2.24, 2.45) is 0 Å². The summed E-state index contributed by atoms with van der Waals surface area (Å²) in [5, 5.41) is 0. The Kier molecular flexibility index (Phi) is 6.46. The van der Waals surface area contributed by atoms with E-state index < -0.39 is 0 Å². The lowest BCUT2D eigenvalue weighted by Gasteiger charge is -2.07. The molecule has 0 saturated carbocycles. The molecule has 1 aromatic heterocycles. The Morgan fingerprint density at radius 3 is 2.48 bits per heavy atom. The monoisotopic (exact) mass is 378 g/mol. The summed E-state index contributed by atoms with van der Waals surface area (Å²) in [6, 6.07) is 7.95. The molecule has 124 valence electrons. The van der Waals surface area contributed by atoms with Gasteiger partial charge in [-0.25, -0.2) is 4.79 Å². The number of ether oxygens (including phenoxy) is 1. The minimum Gasteiger partial charge on any atom is -0.465 e. The summed E-state index contributed by atoms with van der Waals surface area (Å²) in [6.07, 6.45) is 4.18. The third kappa shape index (κ3) is 4.25. The summed E-state index contributed by atoms with van der Waals surface area (Å²) in [7, 11) is 0. The number of furan rings is 1. The second-order valence-corrected chi connectivity index (χ2v) is 6.43. The molecule has 0 amide bonds. The number of aryl methyl sites for hydroxylation is 2. The number of unbranched alkanes of at least 4 members (excludes halogenated alkanes) is 2. The first-order valence-electron chi connectivity index (χ1n) is 8.13. The molecule has 0 N–H and O–H groups in total. The van der Waals surface area contributed by atoms with E-state index in [1.165, 1.54) is 0 Å². The lowest BCUT2D eigenvalue weighted by atomic mass is 9.98. The molecule has 2 aromatic rings. The topological polar surface area (TPSA) is 39.4 Å². The van der Waals surface area contributed by atoms with E-state index in [4.69, 9.17) is 9.15 Å². The third-order valence-electron chi connectivity index (χ3n) is 3.78. The van der Waals surface area contributed by atoms with E-state index in [2.05, 4.69) is 22.9 Å². The molecule has 0 saturated heterocycles. The van der Waals surface area contributed by atoms with Crippen LogP contribution in [0.15, 0.2) is 33.2 Å². The predicted octanol–water partition coefficient (Wildman–Crippen LogP) is 5.93. The highest BCUT2D eigenvalue weighted by molar-refractivity contribution is 9.10. The van der Waals surface area contributed by atoms with Crippen LogP contribution in [0.25, 0.3) is 11.1 Å². The Morgan fingerprint density at radius 1 is 1.17 bits per heavy atom. The van der Waals surface area contributed by atoms with Crippen LogP contribution >= 0.6 is 15.9 Å². The fourth-order valence-corrected chi connectivity index (χ4v) is 2.95. The van der Waals surface area contributed by atoms with E-state index >= 15 is 0 Å². The van der Waals surface area contributed by atoms with Gasteiger partial charge in [-0.3, -0.25) is 0 Å². The van der Waals surface area contributed by atoms with Crippen molar-refractivity contribution in [2.45, 2.75) is 46.5 Å². The van der Waals surface area contributed by atoms with Gasteiger partial charge in [-0.1, -0.05) is 47.8 Å². The Bertz CT molecular complexity index is 656. The predicted molar refractivity (Wildman–Crippen MR) is 95.8 cm³/mol. The quantitative estimate of drug-likeness (QED) is 0.442. The van der Waals surface area contributed by atoms with Crippen LogP contribution in [0.2, 0.25) is 0 Å². The SMILES string of the molecule is CCCCCc1oc(C)c(C(=O)OCC)c1-c1ccc(Br)cc1. The van der Waals surface area contributed by atoms with Crippen molar-refractivity contribution in [3.63, 3.8) is 0 Å². The molecular formula is C19H23BrO3. The standard InChI is InChI=1S/C19H23BrO3/c1-4-6-7-8-16-18(14-9-11-15(20)12-10-14)17(13(3)23-16)19(21)22-5-2/h9-12H,4-8H2,1-3H3. The van der Waals surface area contributed by atoms with E-state index in [9.17, 15) is 4.79 Å². The maximum Gasteiger partial charge on any atom is 0.342 e. The molecule has 1 aromatic carbocycles. The number of hydrogen-bond donors (Lipinski definition) is 0. The second kappa shape index (κ2) is 8.34. The van der Waals surface area contributed by atoms with Gasteiger partial charge < -0.3 is 9.15 Å². The normalized spacial score (nSPS) is 10.8. The molecule has 0 aliphatic rings. The molecule has 0 atom stereocenters. The van der Waals surface area contributed by atoms with Crippen molar-refractivity contribution >= 4 is 21.9 Å². The maximum absolute atomic E-state index is 12.4. The first-order valence-corrected chi connectivity index (χ1v) is 8.93. The van der Waals surface area contributed by atoms with Crippen LogP contribution in [0.1, 0.15) is 55.0 Å². The highest BCUT2D eigenvalue weighted by Crippen LogP contribution is 2.35. The van der Waals surface area contributed by atoms with Crippen LogP contribution in [0.3, 0.4) is 0 Å².